The fraction of sp³-hybridized carbons (Fsp3) is 0.353. The highest BCUT2D eigenvalue weighted by Crippen LogP contribution is 2.12. The van der Waals surface area contributed by atoms with E-state index in [2.05, 4.69) is 15.3 Å². The van der Waals surface area contributed by atoms with Crippen LogP contribution in [0.3, 0.4) is 0 Å². The Bertz CT molecular complexity index is 669. The fourth-order valence-corrected chi connectivity index (χ4v) is 2.09. The number of anilines is 1. The van der Waals surface area contributed by atoms with Gasteiger partial charge in [-0.3, -0.25) is 4.79 Å². The number of aryl methyl sites for hydroxylation is 1. The van der Waals surface area contributed by atoms with Crippen LogP contribution in [0.1, 0.15) is 17.1 Å². The van der Waals surface area contributed by atoms with E-state index < -0.39 is 0 Å². The van der Waals surface area contributed by atoms with Gasteiger partial charge in [-0.05, 0) is 24.6 Å². The maximum absolute atomic E-state index is 12.0. The van der Waals surface area contributed by atoms with Crippen molar-refractivity contribution < 1.29 is 9.53 Å². The molecule has 0 bridgehead atoms. The van der Waals surface area contributed by atoms with Crippen LogP contribution >= 0.6 is 0 Å². The molecule has 6 heteroatoms. The molecule has 0 saturated heterocycles. The number of benzene rings is 1. The van der Waals surface area contributed by atoms with Gasteiger partial charge in [-0.25, -0.2) is 9.97 Å². The number of nitrogens with zero attached hydrogens (tertiary/aromatic N) is 3. The molecule has 2 rings (SSSR count). The lowest BCUT2D eigenvalue weighted by molar-refractivity contribution is -0.120. The fourth-order valence-electron chi connectivity index (χ4n) is 2.09. The highest BCUT2D eigenvalue weighted by Gasteiger charge is 2.07. The second kappa shape index (κ2) is 7.58. The molecule has 1 heterocycles. The van der Waals surface area contributed by atoms with Crippen LogP contribution in [0.25, 0.3) is 0 Å². The van der Waals surface area contributed by atoms with Gasteiger partial charge in [-0.15, -0.1) is 0 Å². The van der Waals surface area contributed by atoms with Gasteiger partial charge in [-0.2, -0.15) is 0 Å². The Hall–Kier alpha value is -2.63. The number of hydrogen-bond donors (Lipinski definition) is 1. The van der Waals surface area contributed by atoms with Crippen molar-refractivity contribution in [3.8, 4) is 5.75 Å². The summed E-state index contributed by atoms with van der Waals surface area (Å²) in [5.74, 6) is 2.15. The van der Waals surface area contributed by atoms with Crippen molar-refractivity contribution in [2.24, 2.45) is 0 Å². The van der Waals surface area contributed by atoms with E-state index >= 15 is 0 Å². The van der Waals surface area contributed by atoms with Crippen LogP contribution in [0.5, 0.6) is 5.75 Å². The topological polar surface area (TPSA) is 67.3 Å². The van der Waals surface area contributed by atoms with Gasteiger partial charge in [-0.1, -0.05) is 12.1 Å². The Labute approximate surface area is 136 Å². The molecule has 0 unspecified atom stereocenters. The van der Waals surface area contributed by atoms with Crippen LogP contribution in [0, 0.1) is 6.92 Å². The van der Waals surface area contributed by atoms with Crippen LogP contribution in [0.15, 0.2) is 30.3 Å². The van der Waals surface area contributed by atoms with E-state index in [1.165, 1.54) is 0 Å². The van der Waals surface area contributed by atoms with Gasteiger partial charge in [0.05, 0.1) is 20.1 Å². The summed E-state index contributed by atoms with van der Waals surface area (Å²) in [7, 11) is 5.47. The number of amides is 1. The Morgan fingerprint density at radius 2 is 1.91 bits per heavy atom. The summed E-state index contributed by atoms with van der Waals surface area (Å²) >= 11 is 0. The van der Waals surface area contributed by atoms with E-state index in [4.69, 9.17) is 4.74 Å². The molecule has 1 aromatic heterocycles. The Morgan fingerprint density at radius 3 is 2.52 bits per heavy atom. The first kappa shape index (κ1) is 16.7. The number of carbonyl (C=O) groups excluding carboxylic acids is 1. The minimum Gasteiger partial charge on any atom is -0.497 e. The van der Waals surface area contributed by atoms with E-state index in [0.29, 0.717) is 18.8 Å². The van der Waals surface area contributed by atoms with Gasteiger partial charge in [0.25, 0.3) is 0 Å². The van der Waals surface area contributed by atoms with Crippen molar-refractivity contribution in [2.75, 3.05) is 26.1 Å². The van der Waals surface area contributed by atoms with E-state index in [0.717, 1.165) is 22.8 Å². The van der Waals surface area contributed by atoms with Gasteiger partial charge in [0.1, 0.15) is 17.4 Å². The lowest BCUT2D eigenvalue weighted by Gasteiger charge is -2.13. The molecule has 0 saturated carbocycles. The average Bonchev–Trinajstić information content (AvgIpc) is 2.53. The largest absolute Gasteiger partial charge is 0.497 e. The van der Waals surface area contributed by atoms with E-state index in [1.807, 2.05) is 56.3 Å². The lowest BCUT2D eigenvalue weighted by atomic mass is 10.1. The summed E-state index contributed by atoms with van der Waals surface area (Å²) in [5.41, 5.74) is 1.81. The zero-order valence-corrected chi connectivity index (χ0v) is 14.0. The highest BCUT2D eigenvalue weighted by molar-refractivity contribution is 5.78. The molecule has 0 radical (unpaired) electrons. The normalized spacial score (nSPS) is 10.3. The standard InChI is InChI=1S/C17H22N4O2/c1-12-9-16(21(2)3)20-15(19-12)11-18-17(22)10-13-5-7-14(23-4)8-6-13/h5-9H,10-11H2,1-4H3,(H,18,22). The highest BCUT2D eigenvalue weighted by atomic mass is 16.5. The molecule has 1 amide bonds. The van der Waals surface area contributed by atoms with Crippen LogP contribution in [0.2, 0.25) is 0 Å². The second-order valence-corrected chi connectivity index (χ2v) is 5.48. The summed E-state index contributed by atoms with van der Waals surface area (Å²) in [6.45, 7) is 2.23. The minimum absolute atomic E-state index is 0.0633. The monoisotopic (exact) mass is 314 g/mol. The summed E-state index contributed by atoms with van der Waals surface area (Å²) in [6, 6.07) is 9.35. The smallest absolute Gasteiger partial charge is 0.224 e. The summed E-state index contributed by atoms with van der Waals surface area (Å²) < 4.78 is 5.10. The third-order valence-electron chi connectivity index (χ3n) is 3.31. The first-order chi connectivity index (χ1) is 11.0. The van der Waals surface area contributed by atoms with Crippen molar-refractivity contribution in [3.63, 3.8) is 0 Å². The molecular weight excluding hydrogens is 292 g/mol. The number of methoxy groups -OCH3 is 1. The molecule has 0 fully saturated rings. The second-order valence-electron chi connectivity index (χ2n) is 5.48. The van der Waals surface area contributed by atoms with E-state index in [-0.39, 0.29) is 5.91 Å². The molecule has 0 aliphatic heterocycles. The molecule has 23 heavy (non-hydrogen) atoms. The molecule has 1 N–H and O–H groups in total. The molecule has 0 atom stereocenters. The third kappa shape index (κ3) is 4.95. The predicted octanol–water partition coefficient (Wildman–Crippen LogP) is 1.72. The summed E-state index contributed by atoms with van der Waals surface area (Å²) in [6.07, 6.45) is 0.316. The van der Waals surface area contributed by atoms with E-state index in [9.17, 15) is 4.79 Å². The van der Waals surface area contributed by atoms with Crippen molar-refractivity contribution in [3.05, 3.63) is 47.4 Å². The molecule has 0 aliphatic carbocycles. The molecular formula is C17H22N4O2. The van der Waals surface area contributed by atoms with Gasteiger partial charge in [0, 0.05) is 25.9 Å². The van der Waals surface area contributed by atoms with Crippen LogP contribution in [-0.2, 0) is 17.8 Å². The Morgan fingerprint density at radius 1 is 1.22 bits per heavy atom. The number of carbonyl (C=O) groups is 1. The van der Waals surface area contributed by atoms with Gasteiger partial charge < -0.3 is 15.0 Å². The minimum atomic E-state index is -0.0633. The number of aromatic nitrogens is 2. The van der Waals surface area contributed by atoms with Crippen LogP contribution in [-0.4, -0.2) is 37.1 Å². The first-order valence-corrected chi connectivity index (χ1v) is 7.39. The molecule has 2 aromatic rings. The van der Waals surface area contributed by atoms with Crippen molar-refractivity contribution in [2.45, 2.75) is 19.9 Å². The van der Waals surface area contributed by atoms with E-state index in [1.54, 1.807) is 7.11 Å². The van der Waals surface area contributed by atoms with Crippen LogP contribution < -0.4 is 15.0 Å². The van der Waals surface area contributed by atoms with Gasteiger partial charge >= 0.3 is 0 Å². The number of rotatable bonds is 6. The van der Waals surface area contributed by atoms with Gasteiger partial charge in [0.2, 0.25) is 5.91 Å². The molecule has 122 valence electrons. The lowest BCUT2D eigenvalue weighted by Crippen LogP contribution is -2.26. The maximum Gasteiger partial charge on any atom is 0.224 e. The zero-order valence-electron chi connectivity index (χ0n) is 14.0. The Balaban J connectivity index is 1.93. The number of nitrogens with one attached hydrogen (secondary N) is 1. The zero-order chi connectivity index (χ0) is 16.8. The third-order valence-corrected chi connectivity index (χ3v) is 3.31. The maximum atomic E-state index is 12.0. The van der Waals surface area contributed by atoms with Crippen molar-refractivity contribution in [1.29, 1.82) is 0 Å². The molecule has 1 aromatic carbocycles. The average molecular weight is 314 g/mol. The summed E-state index contributed by atoms with van der Waals surface area (Å²) in [5, 5.41) is 2.86. The summed E-state index contributed by atoms with van der Waals surface area (Å²) in [4.78, 5) is 22.7. The number of ether oxygens (including phenoxy) is 1. The number of hydrogen-bond acceptors (Lipinski definition) is 5. The van der Waals surface area contributed by atoms with Gasteiger partial charge in [0.15, 0.2) is 0 Å². The molecule has 0 spiro atoms. The SMILES string of the molecule is COc1ccc(CC(=O)NCc2nc(C)cc(N(C)C)n2)cc1. The molecule has 6 nitrogen and oxygen atoms in total. The first-order valence-electron chi connectivity index (χ1n) is 7.39. The van der Waals surface area contributed by atoms with Crippen LogP contribution in [0.4, 0.5) is 5.82 Å². The quantitative estimate of drug-likeness (QED) is 0.879. The Kier molecular flexibility index (Phi) is 5.51. The molecule has 0 aliphatic rings. The predicted molar refractivity (Wildman–Crippen MR) is 89.6 cm³/mol. The van der Waals surface area contributed by atoms with Crippen molar-refractivity contribution >= 4 is 11.7 Å². The van der Waals surface area contributed by atoms with Crippen molar-refractivity contribution in [1.82, 2.24) is 15.3 Å².